The number of carbonyl (C=O) groups is 3. The van der Waals surface area contributed by atoms with Crippen molar-refractivity contribution in [2.45, 2.75) is 27.7 Å². The van der Waals surface area contributed by atoms with Crippen LogP contribution in [0.15, 0.2) is 123 Å². The predicted molar refractivity (Wildman–Crippen MR) is 380 cm³/mol. The number of rotatable bonds is 21. The minimum Gasteiger partial charge on any atom is -1.00 e. The summed E-state index contributed by atoms with van der Waals surface area (Å²) in [5.41, 5.74) is 7.88. The third kappa shape index (κ3) is 21.4. The molecule has 0 radical (unpaired) electrons. The molecule has 0 aliphatic rings. The van der Waals surface area contributed by atoms with Crippen molar-refractivity contribution in [1.82, 2.24) is 45.9 Å². The third-order valence-electron chi connectivity index (χ3n) is 13.6. The standard InChI is InChI=1S/C22H24BrN5O4.C22H23BrN4O4.C13H13BrClN3O2.C9H11NO3.Na.H/c1-12-8-13(9-18(31-4)19(12)32-5)26-22-25-11-16(23)20(28-22)27-17-10-14(30-3)6-7-15(17)21(29)24-2;1-12-8-14(9-18(30-5)13(12)2)26-20-17(23)11-25-22(27-20)31-19-10-15(29-4)6-7-16(19)21(28)24-3;1-7-4-8(5-10(19-2)11(7)20-3)17-13-16-6-9(14)12(15)18-13;1-10-9(12)7-4-3-6(13-2)5-8(7)11;;/h6-11H,1-5H3,(H,24,29)(H2,25,26,27,28);6-11H,1-5H3,(H,24,28)(H,25,26,27);4-6H,1-3H3,(H,16,17,18);3-5,11H,1-2H3,(H,10,12);;/q;;;;+1;-1. The van der Waals surface area contributed by atoms with Crippen LogP contribution in [0.4, 0.5) is 46.3 Å². The van der Waals surface area contributed by atoms with Crippen LogP contribution in [0, 0.1) is 27.7 Å². The van der Waals surface area contributed by atoms with Gasteiger partial charge < -0.3 is 86.4 Å². The zero-order valence-electron chi connectivity index (χ0n) is 56.9. The first-order valence-electron chi connectivity index (χ1n) is 28.5. The Bertz CT molecular complexity index is 4250. The number of phenols is 1. The number of aryl methyl sites for hydroxylation is 3. The van der Waals surface area contributed by atoms with Crippen molar-refractivity contribution >= 4 is 123 Å². The number of aromatic nitrogens is 6. The molecule has 26 nitrogen and oxygen atoms in total. The molecule has 508 valence electrons. The molecular formula is C66H72Br3ClN13NaO13. The molecule has 0 saturated carbocycles. The Balaban J connectivity index is 0.000000289. The number of carbonyl (C=O) groups excluding carboxylic acids is 3. The van der Waals surface area contributed by atoms with Gasteiger partial charge in [-0.3, -0.25) is 14.4 Å². The van der Waals surface area contributed by atoms with Gasteiger partial charge in [0.1, 0.15) is 45.5 Å². The van der Waals surface area contributed by atoms with Crippen LogP contribution in [0.3, 0.4) is 0 Å². The van der Waals surface area contributed by atoms with E-state index in [9.17, 15) is 19.5 Å². The summed E-state index contributed by atoms with van der Waals surface area (Å²) in [6, 6.07) is 25.9. The minimum atomic E-state index is -0.319. The minimum absolute atomic E-state index is 0. The number of hydrogen-bond acceptors (Lipinski definition) is 23. The summed E-state index contributed by atoms with van der Waals surface area (Å²) in [7, 11) is 17.2. The van der Waals surface area contributed by atoms with Crippen molar-refractivity contribution < 1.29 is 93.1 Å². The first-order valence-corrected chi connectivity index (χ1v) is 31.2. The van der Waals surface area contributed by atoms with E-state index in [0.29, 0.717) is 99.2 Å². The number of halogens is 4. The summed E-state index contributed by atoms with van der Waals surface area (Å²) < 4.78 is 50.0. The van der Waals surface area contributed by atoms with Gasteiger partial charge in [-0.15, -0.1) is 0 Å². The van der Waals surface area contributed by atoms with Gasteiger partial charge in [-0.05, 0) is 152 Å². The van der Waals surface area contributed by atoms with Gasteiger partial charge in [0, 0.05) is 87.0 Å². The Morgan fingerprint density at radius 1 is 0.454 bits per heavy atom. The fraction of sp³-hybridized carbons (Fsp3) is 0.227. The number of nitrogens with one attached hydrogen (secondary N) is 7. The fourth-order valence-electron chi connectivity index (χ4n) is 8.68. The van der Waals surface area contributed by atoms with Gasteiger partial charge in [-0.2, -0.15) is 15.0 Å². The number of aromatic hydroxyl groups is 1. The van der Waals surface area contributed by atoms with E-state index in [1.165, 1.54) is 33.4 Å². The summed E-state index contributed by atoms with van der Waals surface area (Å²) in [4.78, 5) is 61.4. The molecule has 0 atom stereocenters. The number of methoxy groups -OCH3 is 8. The second-order valence-corrected chi connectivity index (χ2v) is 22.7. The van der Waals surface area contributed by atoms with Crippen LogP contribution in [0.5, 0.6) is 63.5 Å². The number of benzene rings is 6. The third-order valence-corrected chi connectivity index (χ3v) is 15.9. The first kappa shape index (κ1) is 78.6. The Morgan fingerprint density at radius 3 is 1.39 bits per heavy atom. The van der Waals surface area contributed by atoms with Crippen LogP contribution in [0.2, 0.25) is 5.15 Å². The van der Waals surface area contributed by atoms with Crippen molar-refractivity contribution in [2.24, 2.45) is 0 Å². The second kappa shape index (κ2) is 38.0. The van der Waals surface area contributed by atoms with E-state index in [1.807, 2.05) is 58.0 Å². The molecule has 3 aromatic heterocycles. The molecule has 3 heterocycles. The van der Waals surface area contributed by atoms with E-state index < -0.39 is 0 Å². The average Bonchev–Trinajstić information content (AvgIpc) is 0.837. The number of anilines is 8. The van der Waals surface area contributed by atoms with Crippen molar-refractivity contribution in [1.29, 1.82) is 0 Å². The number of amides is 3. The quantitative estimate of drug-likeness (QED) is 0.0245. The van der Waals surface area contributed by atoms with Crippen LogP contribution < -0.4 is 109 Å². The predicted octanol–water partition coefficient (Wildman–Crippen LogP) is 11.0. The maximum Gasteiger partial charge on any atom is 1.00 e. The summed E-state index contributed by atoms with van der Waals surface area (Å²) >= 11 is 16.1. The van der Waals surface area contributed by atoms with E-state index in [1.54, 1.807) is 124 Å². The number of phenolic OH excluding ortho intramolecular Hbond substituents is 1. The van der Waals surface area contributed by atoms with Crippen LogP contribution in [0.25, 0.3) is 0 Å². The molecule has 8 N–H and O–H groups in total. The van der Waals surface area contributed by atoms with E-state index in [4.69, 9.17) is 54.2 Å². The Morgan fingerprint density at radius 2 is 0.887 bits per heavy atom. The molecule has 9 rings (SSSR count). The smallest absolute Gasteiger partial charge is 1.00 e. The Hall–Kier alpha value is -9.10. The van der Waals surface area contributed by atoms with E-state index in [2.05, 4.69) is 115 Å². The molecule has 0 aliphatic heterocycles. The van der Waals surface area contributed by atoms with Crippen LogP contribution >= 0.6 is 59.4 Å². The topological polar surface area (TPSA) is 316 Å². The normalized spacial score (nSPS) is 10.1. The molecule has 9 aromatic rings. The van der Waals surface area contributed by atoms with Crippen molar-refractivity contribution in [3.8, 4) is 63.5 Å². The zero-order valence-corrected chi connectivity index (χ0v) is 63.4. The largest absolute Gasteiger partial charge is 1.00 e. The van der Waals surface area contributed by atoms with Gasteiger partial charge >= 0.3 is 35.6 Å². The number of nitrogens with zero attached hydrogens (tertiary/aromatic N) is 6. The van der Waals surface area contributed by atoms with Gasteiger partial charge in [0.2, 0.25) is 11.9 Å². The molecule has 0 bridgehead atoms. The summed E-state index contributed by atoms with van der Waals surface area (Å²) in [5, 5.41) is 30.1. The maximum atomic E-state index is 12.3. The Kier molecular flexibility index (Phi) is 30.8. The molecule has 0 fully saturated rings. The fourth-order valence-corrected chi connectivity index (χ4v) is 9.58. The molecule has 3 amide bonds. The molecule has 0 saturated heterocycles. The van der Waals surface area contributed by atoms with E-state index in [0.717, 1.165) is 45.1 Å². The number of hydrogen-bond donors (Lipinski definition) is 8. The van der Waals surface area contributed by atoms with Crippen LogP contribution in [0.1, 0.15) is 54.8 Å². The SMILES string of the molecule is CNC(=O)c1ccc(OC)cc1Nc1nc(Nc2cc(C)c(OC)c(OC)c2)ncc1Br.CNC(=O)c1ccc(OC)cc1O.CNC(=O)c1ccc(OC)cc1Oc1ncc(Br)c(Nc2cc(C)c(C)c(OC)c2)n1.COc1cc(Nc2ncc(Br)c(Cl)n2)cc(C)c1OC.[H-].[Na+]. The van der Waals surface area contributed by atoms with Gasteiger partial charge in [0.15, 0.2) is 28.8 Å². The van der Waals surface area contributed by atoms with E-state index >= 15 is 0 Å². The maximum absolute atomic E-state index is 12.3. The molecule has 97 heavy (non-hydrogen) atoms. The van der Waals surface area contributed by atoms with Crippen molar-refractivity contribution in [2.75, 3.05) is 99.3 Å². The van der Waals surface area contributed by atoms with Crippen LogP contribution in [-0.4, -0.2) is 131 Å². The Labute approximate surface area is 615 Å². The van der Waals surface area contributed by atoms with Gasteiger partial charge in [0.25, 0.3) is 17.7 Å². The summed E-state index contributed by atoms with van der Waals surface area (Å²) in [6.45, 7) is 7.87. The molecule has 0 spiro atoms. The number of ether oxygens (including phenoxy) is 9. The van der Waals surface area contributed by atoms with Crippen LogP contribution in [-0.2, 0) is 0 Å². The summed E-state index contributed by atoms with van der Waals surface area (Å²) in [6.07, 6.45) is 4.78. The summed E-state index contributed by atoms with van der Waals surface area (Å²) in [5.74, 6) is 6.11. The molecule has 31 heteroatoms. The van der Waals surface area contributed by atoms with Gasteiger partial charge in [0.05, 0.1) is 98.9 Å². The zero-order chi connectivity index (χ0) is 70.3. The first-order chi connectivity index (χ1) is 46.0. The van der Waals surface area contributed by atoms with Gasteiger partial charge in [-0.1, -0.05) is 11.6 Å². The molecule has 0 unspecified atom stereocenters. The molecule has 0 aliphatic carbocycles. The monoisotopic (exact) mass is 1550 g/mol. The second-order valence-electron chi connectivity index (χ2n) is 19.7. The molecule has 6 aromatic carbocycles. The van der Waals surface area contributed by atoms with Crippen molar-refractivity contribution in [3.63, 3.8) is 0 Å². The van der Waals surface area contributed by atoms with Gasteiger partial charge in [-0.25, -0.2) is 15.0 Å². The molecular weight excluding hydrogens is 1480 g/mol. The van der Waals surface area contributed by atoms with Crippen molar-refractivity contribution in [3.05, 3.63) is 167 Å². The average molecular weight is 1550 g/mol. The van der Waals surface area contributed by atoms with E-state index in [-0.39, 0.29) is 71.8 Å².